The highest BCUT2D eigenvalue weighted by molar-refractivity contribution is 9.10. The van der Waals surface area contributed by atoms with Gasteiger partial charge in [-0.05, 0) is 26.0 Å². The van der Waals surface area contributed by atoms with Crippen molar-refractivity contribution in [1.82, 2.24) is 14.8 Å². The molecule has 0 saturated carbocycles. The quantitative estimate of drug-likeness (QED) is 0.817. The minimum atomic E-state index is -0.365. The highest BCUT2D eigenvalue weighted by Crippen LogP contribution is 2.16. The molecule has 0 spiro atoms. The van der Waals surface area contributed by atoms with Gasteiger partial charge in [0.1, 0.15) is 5.56 Å². The van der Waals surface area contributed by atoms with Gasteiger partial charge in [-0.15, -0.1) is 0 Å². The number of carbonyl (C=O) groups excluding carboxylic acids is 1. The molecule has 0 aliphatic heterocycles. The summed E-state index contributed by atoms with van der Waals surface area (Å²) in [5.74, 6) is 0.286. The van der Waals surface area contributed by atoms with Crippen LogP contribution in [-0.4, -0.2) is 27.3 Å². The van der Waals surface area contributed by atoms with E-state index < -0.39 is 0 Å². The zero-order chi connectivity index (χ0) is 13.1. The van der Waals surface area contributed by atoms with Crippen LogP contribution in [0.4, 0.5) is 0 Å². The van der Waals surface area contributed by atoms with Gasteiger partial charge in [0.05, 0.1) is 18.5 Å². The number of pyridine rings is 1. The standard InChI is InChI=1S/C12H12BrN3O2/c1-3-18-12(17)10-7-15-16(8(10)2)11-6-9(13)4-5-14-11/h4-7H,3H2,1-2H3. The van der Waals surface area contributed by atoms with Crippen LogP contribution in [0.2, 0.25) is 0 Å². The SMILES string of the molecule is CCOC(=O)c1cnn(-c2cc(Br)ccn2)c1C. The first-order valence-electron chi connectivity index (χ1n) is 5.47. The van der Waals surface area contributed by atoms with E-state index in [-0.39, 0.29) is 5.97 Å². The number of carbonyl (C=O) groups is 1. The third-order valence-corrected chi connectivity index (χ3v) is 2.92. The van der Waals surface area contributed by atoms with Gasteiger partial charge in [-0.3, -0.25) is 0 Å². The molecule has 0 aliphatic carbocycles. The first-order chi connectivity index (χ1) is 8.63. The van der Waals surface area contributed by atoms with Crippen LogP contribution >= 0.6 is 15.9 Å². The molecular formula is C12H12BrN3O2. The molecule has 94 valence electrons. The van der Waals surface area contributed by atoms with Gasteiger partial charge in [-0.1, -0.05) is 15.9 Å². The molecule has 0 amide bonds. The van der Waals surface area contributed by atoms with E-state index in [1.165, 1.54) is 6.20 Å². The largest absolute Gasteiger partial charge is 0.462 e. The molecule has 0 bridgehead atoms. The van der Waals surface area contributed by atoms with E-state index in [1.807, 2.05) is 19.1 Å². The predicted molar refractivity (Wildman–Crippen MR) is 69.8 cm³/mol. The van der Waals surface area contributed by atoms with Crippen molar-refractivity contribution in [3.05, 3.63) is 40.3 Å². The number of aromatic nitrogens is 3. The summed E-state index contributed by atoms with van der Waals surface area (Å²) >= 11 is 3.37. The highest BCUT2D eigenvalue weighted by atomic mass is 79.9. The summed E-state index contributed by atoms with van der Waals surface area (Å²) in [6, 6.07) is 3.66. The monoisotopic (exact) mass is 309 g/mol. The van der Waals surface area contributed by atoms with Crippen molar-refractivity contribution in [2.45, 2.75) is 13.8 Å². The Balaban J connectivity index is 2.39. The van der Waals surface area contributed by atoms with E-state index in [1.54, 1.807) is 17.8 Å². The number of halogens is 1. The molecule has 2 heterocycles. The summed E-state index contributed by atoms with van der Waals surface area (Å²) in [5.41, 5.74) is 1.16. The van der Waals surface area contributed by atoms with Gasteiger partial charge < -0.3 is 4.74 Å². The maximum atomic E-state index is 11.7. The average molecular weight is 310 g/mol. The average Bonchev–Trinajstić information content (AvgIpc) is 2.71. The number of hydrogen-bond acceptors (Lipinski definition) is 4. The van der Waals surface area contributed by atoms with Crippen LogP contribution in [0, 0.1) is 6.92 Å². The fraction of sp³-hybridized carbons (Fsp3) is 0.250. The zero-order valence-electron chi connectivity index (χ0n) is 10.1. The first kappa shape index (κ1) is 12.8. The van der Waals surface area contributed by atoms with E-state index in [2.05, 4.69) is 26.0 Å². The van der Waals surface area contributed by atoms with Gasteiger partial charge in [0.25, 0.3) is 0 Å². The van der Waals surface area contributed by atoms with Gasteiger partial charge in [0, 0.05) is 10.7 Å². The Kier molecular flexibility index (Phi) is 3.76. The molecular weight excluding hydrogens is 298 g/mol. The fourth-order valence-electron chi connectivity index (χ4n) is 1.56. The molecule has 0 aromatic carbocycles. The fourth-order valence-corrected chi connectivity index (χ4v) is 1.88. The number of nitrogens with zero attached hydrogens (tertiary/aromatic N) is 3. The third-order valence-electron chi connectivity index (χ3n) is 2.43. The lowest BCUT2D eigenvalue weighted by molar-refractivity contribution is 0.0525. The molecule has 5 nitrogen and oxygen atoms in total. The topological polar surface area (TPSA) is 57.0 Å². The molecule has 0 saturated heterocycles. The number of rotatable bonds is 3. The minimum Gasteiger partial charge on any atom is -0.462 e. The van der Waals surface area contributed by atoms with Crippen LogP contribution in [0.25, 0.3) is 5.82 Å². The molecule has 0 fully saturated rings. The number of hydrogen-bond donors (Lipinski definition) is 0. The highest BCUT2D eigenvalue weighted by Gasteiger charge is 2.16. The molecule has 6 heteroatoms. The first-order valence-corrected chi connectivity index (χ1v) is 6.26. The van der Waals surface area contributed by atoms with Crippen LogP contribution in [0.1, 0.15) is 23.0 Å². The summed E-state index contributed by atoms with van der Waals surface area (Å²) in [5, 5.41) is 4.16. The second-order valence-corrected chi connectivity index (χ2v) is 4.52. The molecule has 0 radical (unpaired) electrons. The lowest BCUT2D eigenvalue weighted by atomic mass is 10.2. The zero-order valence-corrected chi connectivity index (χ0v) is 11.6. The molecule has 2 rings (SSSR count). The normalized spacial score (nSPS) is 10.4. The van der Waals surface area contributed by atoms with Crippen molar-refractivity contribution >= 4 is 21.9 Å². The molecule has 0 N–H and O–H groups in total. The Hall–Kier alpha value is -1.69. The van der Waals surface area contributed by atoms with Crippen molar-refractivity contribution < 1.29 is 9.53 Å². The predicted octanol–water partition coefficient (Wildman–Crippen LogP) is 2.51. The molecule has 0 aliphatic rings. The Morgan fingerprint density at radius 1 is 1.56 bits per heavy atom. The van der Waals surface area contributed by atoms with E-state index in [0.29, 0.717) is 23.7 Å². The van der Waals surface area contributed by atoms with Crippen LogP contribution < -0.4 is 0 Å². The minimum absolute atomic E-state index is 0.346. The van der Waals surface area contributed by atoms with Crippen LogP contribution in [0.15, 0.2) is 29.0 Å². The van der Waals surface area contributed by atoms with Crippen LogP contribution in [0.3, 0.4) is 0 Å². The van der Waals surface area contributed by atoms with Crippen molar-refractivity contribution in [3.8, 4) is 5.82 Å². The molecule has 18 heavy (non-hydrogen) atoms. The van der Waals surface area contributed by atoms with E-state index >= 15 is 0 Å². The Morgan fingerprint density at radius 2 is 2.33 bits per heavy atom. The molecule has 2 aromatic rings. The van der Waals surface area contributed by atoms with Crippen molar-refractivity contribution in [1.29, 1.82) is 0 Å². The van der Waals surface area contributed by atoms with Gasteiger partial charge >= 0.3 is 5.97 Å². The summed E-state index contributed by atoms with van der Waals surface area (Å²) in [6.07, 6.45) is 3.17. The number of ether oxygens (including phenoxy) is 1. The molecule has 0 unspecified atom stereocenters. The summed E-state index contributed by atoms with van der Waals surface area (Å²) in [7, 11) is 0. The lowest BCUT2D eigenvalue weighted by Crippen LogP contribution is -2.07. The smallest absolute Gasteiger partial charge is 0.341 e. The van der Waals surface area contributed by atoms with E-state index in [4.69, 9.17) is 4.74 Å². The van der Waals surface area contributed by atoms with E-state index in [0.717, 1.165) is 4.47 Å². The number of esters is 1. The second-order valence-electron chi connectivity index (χ2n) is 3.61. The molecule has 2 aromatic heterocycles. The van der Waals surface area contributed by atoms with E-state index in [9.17, 15) is 4.79 Å². The van der Waals surface area contributed by atoms with Crippen molar-refractivity contribution in [3.63, 3.8) is 0 Å². The van der Waals surface area contributed by atoms with Gasteiger partial charge in [0.2, 0.25) is 0 Å². The van der Waals surface area contributed by atoms with Crippen molar-refractivity contribution in [2.75, 3.05) is 6.61 Å². The Labute approximate surface area is 113 Å². The Morgan fingerprint density at radius 3 is 3.00 bits per heavy atom. The molecule has 0 atom stereocenters. The van der Waals surface area contributed by atoms with Gasteiger partial charge in [-0.25, -0.2) is 14.5 Å². The third kappa shape index (κ3) is 2.43. The van der Waals surface area contributed by atoms with Crippen molar-refractivity contribution in [2.24, 2.45) is 0 Å². The maximum Gasteiger partial charge on any atom is 0.341 e. The van der Waals surface area contributed by atoms with Crippen LogP contribution in [-0.2, 0) is 4.74 Å². The van der Waals surface area contributed by atoms with Gasteiger partial charge in [0.15, 0.2) is 5.82 Å². The summed E-state index contributed by atoms with van der Waals surface area (Å²) in [6.45, 7) is 3.92. The summed E-state index contributed by atoms with van der Waals surface area (Å²) < 4.78 is 7.47. The maximum absolute atomic E-state index is 11.7. The van der Waals surface area contributed by atoms with Crippen LogP contribution in [0.5, 0.6) is 0 Å². The van der Waals surface area contributed by atoms with Gasteiger partial charge in [-0.2, -0.15) is 5.10 Å². The second kappa shape index (κ2) is 5.30. The lowest BCUT2D eigenvalue weighted by Gasteiger charge is -2.04. The summed E-state index contributed by atoms with van der Waals surface area (Å²) in [4.78, 5) is 15.9. The Bertz CT molecular complexity index is 580.